The van der Waals surface area contributed by atoms with E-state index in [0.717, 1.165) is 33.5 Å². The van der Waals surface area contributed by atoms with Gasteiger partial charge in [-0.3, -0.25) is 0 Å². The lowest BCUT2D eigenvalue weighted by Gasteiger charge is -2.14. The summed E-state index contributed by atoms with van der Waals surface area (Å²) in [6.45, 7) is 0.583. The van der Waals surface area contributed by atoms with Crippen molar-refractivity contribution in [2.24, 2.45) is 4.99 Å². The SMILES string of the molecule is N#Cc1c(-c2ccccc2)c(-c2ccccc2)n(Cc2ccccc2)c1/N=C/c1ccc(Cl)cc1. The number of aliphatic imine (C=N–C) groups is 1. The fourth-order valence-electron chi connectivity index (χ4n) is 4.23. The van der Waals surface area contributed by atoms with Crippen molar-refractivity contribution < 1.29 is 0 Å². The molecular formula is C31H22ClN3. The minimum Gasteiger partial charge on any atom is -0.320 e. The van der Waals surface area contributed by atoms with Crippen molar-refractivity contribution >= 4 is 23.6 Å². The topological polar surface area (TPSA) is 41.1 Å². The van der Waals surface area contributed by atoms with Gasteiger partial charge in [0.1, 0.15) is 11.6 Å². The first-order chi connectivity index (χ1) is 17.2. The Morgan fingerprint density at radius 2 is 1.31 bits per heavy atom. The van der Waals surface area contributed by atoms with Crippen LogP contribution in [-0.2, 0) is 6.54 Å². The van der Waals surface area contributed by atoms with E-state index in [9.17, 15) is 5.26 Å². The van der Waals surface area contributed by atoms with Crippen LogP contribution in [0.3, 0.4) is 0 Å². The molecule has 0 saturated heterocycles. The summed E-state index contributed by atoms with van der Waals surface area (Å²) in [5, 5.41) is 11.1. The quantitative estimate of drug-likeness (QED) is 0.230. The van der Waals surface area contributed by atoms with Gasteiger partial charge in [0.15, 0.2) is 5.82 Å². The third-order valence-electron chi connectivity index (χ3n) is 5.85. The fraction of sp³-hybridized carbons (Fsp3) is 0.0323. The summed E-state index contributed by atoms with van der Waals surface area (Å²) in [7, 11) is 0. The van der Waals surface area contributed by atoms with Gasteiger partial charge in [0, 0.05) is 23.3 Å². The molecular weight excluding hydrogens is 450 g/mol. The second kappa shape index (κ2) is 10.3. The van der Waals surface area contributed by atoms with Crippen molar-refractivity contribution in [3.05, 3.63) is 137 Å². The van der Waals surface area contributed by atoms with Crippen molar-refractivity contribution in [3.8, 4) is 28.5 Å². The molecule has 3 nitrogen and oxygen atoms in total. The van der Waals surface area contributed by atoms with Crippen molar-refractivity contribution in [1.82, 2.24) is 4.57 Å². The van der Waals surface area contributed by atoms with Crippen LogP contribution >= 0.6 is 11.6 Å². The highest BCUT2D eigenvalue weighted by molar-refractivity contribution is 6.30. The van der Waals surface area contributed by atoms with Gasteiger partial charge in [0.05, 0.1) is 5.69 Å². The molecule has 0 bridgehead atoms. The molecule has 1 aromatic heterocycles. The Balaban J connectivity index is 1.79. The monoisotopic (exact) mass is 471 g/mol. The van der Waals surface area contributed by atoms with Crippen molar-refractivity contribution in [1.29, 1.82) is 5.26 Å². The van der Waals surface area contributed by atoms with E-state index in [4.69, 9.17) is 16.6 Å². The van der Waals surface area contributed by atoms with E-state index in [1.54, 1.807) is 6.21 Å². The normalized spacial score (nSPS) is 11.0. The smallest absolute Gasteiger partial charge is 0.152 e. The van der Waals surface area contributed by atoms with Crippen LogP contribution in [-0.4, -0.2) is 10.8 Å². The van der Waals surface area contributed by atoms with Gasteiger partial charge >= 0.3 is 0 Å². The Kier molecular flexibility index (Phi) is 6.57. The summed E-state index contributed by atoms with van der Waals surface area (Å²) in [6, 6.07) is 40.5. The summed E-state index contributed by atoms with van der Waals surface area (Å²) < 4.78 is 2.15. The first kappa shape index (κ1) is 22.4. The zero-order valence-corrected chi connectivity index (χ0v) is 19.7. The van der Waals surface area contributed by atoms with E-state index < -0.39 is 0 Å². The van der Waals surface area contributed by atoms with Crippen molar-refractivity contribution in [2.45, 2.75) is 6.54 Å². The second-order valence-electron chi connectivity index (χ2n) is 8.15. The van der Waals surface area contributed by atoms with Gasteiger partial charge in [-0.05, 0) is 34.4 Å². The molecule has 4 aromatic carbocycles. The Bertz CT molecular complexity index is 1500. The van der Waals surface area contributed by atoms with Crippen LogP contribution in [0.2, 0.25) is 5.02 Å². The Morgan fingerprint density at radius 3 is 1.91 bits per heavy atom. The summed E-state index contributed by atoms with van der Waals surface area (Å²) in [5.74, 6) is 0.629. The van der Waals surface area contributed by atoms with E-state index in [1.807, 2.05) is 91.0 Å². The molecule has 0 spiro atoms. The zero-order chi connectivity index (χ0) is 24.0. The third-order valence-corrected chi connectivity index (χ3v) is 6.10. The van der Waals surface area contributed by atoms with E-state index in [0.29, 0.717) is 22.9 Å². The van der Waals surface area contributed by atoms with Crippen molar-refractivity contribution in [2.75, 3.05) is 0 Å². The number of hydrogen-bond donors (Lipinski definition) is 0. The van der Waals surface area contributed by atoms with Crippen LogP contribution < -0.4 is 0 Å². The number of rotatable bonds is 6. The average molecular weight is 472 g/mol. The van der Waals surface area contributed by atoms with Gasteiger partial charge in [-0.1, -0.05) is 115 Å². The van der Waals surface area contributed by atoms with E-state index in [2.05, 4.69) is 34.9 Å². The molecule has 1 heterocycles. The molecule has 0 fully saturated rings. The maximum Gasteiger partial charge on any atom is 0.152 e. The molecule has 0 unspecified atom stereocenters. The molecule has 0 atom stereocenters. The molecule has 0 radical (unpaired) electrons. The lowest BCUT2D eigenvalue weighted by Crippen LogP contribution is -2.02. The number of benzene rings is 4. The third kappa shape index (κ3) is 4.80. The lowest BCUT2D eigenvalue weighted by molar-refractivity contribution is 0.816. The predicted molar refractivity (Wildman–Crippen MR) is 144 cm³/mol. The van der Waals surface area contributed by atoms with Crippen LogP contribution in [0.15, 0.2) is 120 Å². The minimum absolute atomic E-state index is 0.552. The number of aromatic nitrogens is 1. The van der Waals surface area contributed by atoms with Gasteiger partial charge < -0.3 is 4.57 Å². The molecule has 0 amide bonds. The summed E-state index contributed by atoms with van der Waals surface area (Å²) in [4.78, 5) is 4.88. The molecule has 0 saturated carbocycles. The standard InChI is InChI=1S/C31H22ClN3/c32-27-18-16-23(17-19-27)21-34-31-28(20-33)29(25-12-6-2-7-13-25)30(26-14-8-3-9-15-26)35(31)22-24-10-4-1-5-11-24/h1-19,21H,22H2/b34-21+. The van der Waals surface area contributed by atoms with Crippen LogP contribution in [0, 0.1) is 11.3 Å². The predicted octanol–water partition coefficient (Wildman–Crippen LogP) is 8.15. The molecule has 0 aliphatic heterocycles. The van der Waals surface area contributed by atoms with Gasteiger partial charge in [0.2, 0.25) is 0 Å². The van der Waals surface area contributed by atoms with E-state index in [1.165, 1.54) is 0 Å². The molecule has 168 valence electrons. The fourth-order valence-corrected chi connectivity index (χ4v) is 4.36. The maximum absolute atomic E-state index is 10.4. The molecule has 35 heavy (non-hydrogen) atoms. The van der Waals surface area contributed by atoms with E-state index >= 15 is 0 Å². The summed E-state index contributed by atoms with van der Waals surface area (Å²) in [6.07, 6.45) is 1.79. The zero-order valence-electron chi connectivity index (χ0n) is 19.0. The van der Waals surface area contributed by atoms with E-state index in [-0.39, 0.29) is 0 Å². The number of halogens is 1. The Morgan fingerprint density at radius 1 is 0.743 bits per heavy atom. The van der Waals surface area contributed by atoms with Gasteiger partial charge in [-0.15, -0.1) is 0 Å². The van der Waals surface area contributed by atoms with Gasteiger partial charge in [-0.2, -0.15) is 5.26 Å². The maximum atomic E-state index is 10.4. The Labute approximate surface area is 210 Å². The average Bonchev–Trinajstić information content (AvgIpc) is 3.22. The highest BCUT2D eigenvalue weighted by Gasteiger charge is 2.25. The summed E-state index contributed by atoms with van der Waals surface area (Å²) >= 11 is 6.06. The number of hydrogen-bond acceptors (Lipinski definition) is 2. The van der Waals surface area contributed by atoms with Gasteiger partial charge in [0.25, 0.3) is 0 Å². The number of nitriles is 1. The number of nitrogens with zero attached hydrogens (tertiary/aromatic N) is 3. The first-order valence-corrected chi connectivity index (χ1v) is 11.7. The van der Waals surface area contributed by atoms with Crippen LogP contribution in [0.25, 0.3) is 22.4 Å². The van der Waals surface area contributed by atoms with Crippen LogP contribution in [0.5, 0.6) is 0 Å². The minimum atomic E-state index is 0.552. The molecule has 0 aliphatic rings. The molecule has 5 aromatic rings. The van der Waals surface area contributed by atoms with Crippen LogP contribution in [0.1, 0.15) is 16.7 Å². The molecule has 0 N–H and O–H groups in total. The molecule has 0 aliphatic carbocycles. The molecule has 4 heteroatoms. The highest BCUT2D eigenvalue weighted by atomic mass is 35.5. The largest absolute Gasteiger partial charge is 0.320 e. The molecule has 5 rings (SSSR count). The second-order valence-corrected chi connectivity index (χ2v) is 8.58. The first-order valence-electron chi connectivity index (χ1n) is 11.4. The van der Waals surface area contributed by atoms with Crippen molar-refractivity contribution in [3.63, 3.8) is 0 Å². The Hall–Kier alpha value is -4.39. The lowest BCUT2D eigenvalue weighted by atomic mass is 9.98. The summed E-state index contributed by atoms with van der Waals surface area (Å²) in [5.41, 5.74) is 6.47. The van der Waals surface area contributed by atoms with Crippen LogP contribution in [0.4, 0.5) is 5.82 Å². The highest BCUT2D eigenvalue weighted by Crippen LogP contribution is 2.43. The van der Waals surface area contributed by atoms with Gasteiger partial charge in [-0.25, -0.2) is 4.99 Å².